The molecule has 22 heteroatoms. The molecule has 4 aromatic rings. The lowest BCUT2D eigenvalue weighted by Gasteiger charge is -2.24. The minimum atomic E-state index is -5.08. The number of alkyl halides is 3. The van der Waals surface area contributed by atoms with Gasteiger partial charge < -0.3 is 20.9 Å². The van der Waals surface area contributed by atoms with Crippen molar-refractivity contribution in [2.45, 2.75) is 22.0 Å². The second-order valence-electron chi connectivity index (χ2n) is 8.68. The number of tetrazole rings is 1. The molecule has 1 aliphatic heterocycles. The van der Waals surface area contributed by atoms with Crippen LogP contribution in [0, 0.1) is 0 Å². The lowest BCUT2D eigenvalue weighted by atomic mass is 9.98. The summed E-state index contributed by atoms with van der Waals surface area (Å²) < 4.78 is 92.8. The first-order valence-corrected chi connectivity index (χ1v) is 15.6. The van der Waals surface area contributed by atoms with E-state index in [9.17, 15) is 30.0 Å². The van der Waals surface area contributed by atoms with Crippen LogP contribution < -0.4 is 20.9 Å². The van der Waals surface area contributed by atoms with Gasteiger partial charge in [-0.15, -0.1) is 10.2 Å². The second-order valence-corrected chi connectivity index (χ2v) is 13.0. The van der Waals surface area contributed by atoms with Crippen LogP contribution in [0.25, 0.3) is 32.7 Å². The molecule has 3 heterocycles. The highest BCUT2D eigenvalue weighted by Crippen LogP contribution is 2.41. The molecule has 5 rings (SSSR count). The van der Waals surface area contributed by atoms with Crippen LogP contribution in [0.4, 0.5) is 18.3 Å². The number of fused-ring (bicyclic) bond motifs is 1. The molecule has 43 heavy (non-hydrogen) atoms. The Bertz CT molecular complexity index is 1840. The summed E-state index contributed by atoms with van der Waals surface area (Å²) in [6, 6.07) is 7.62. The van der Waals surface area contributed by atoms with E-state index in [4.69, 9.17) is 25.5 Å². The summed E-state index contributed by atoms with van der Waals surface area (Å²) in [6.07, 6.45) is -5.08. The molecule has 8 N–H and O–H groups in total. The first-order chi connectivity index (χ1) is 20.1. The fraction of sp³-hybridized carbons (Fsp3) is 0.286. The molecule has 16 nitrogen and oxygen atoms in total. The number of anilines is 1. The van der Waals surface area contributed by atoms with Gasteiger partial charge in [0, 0.05) is 24.7 Å². The average molecular weight is 666 g/mol. The highest BCUT2D eigenvalue weighted by Gasteiger charge is 2.38. The van der Waals surface area contributed by atoms with Crippen molar-refractivity contribution in [3.8, 4) is 22.5 Å². The number of aliphatic carboxylic acids is 1. The van der Waals surface area contributed by atoms with Crippen LogP contribution in [-0.4, -0.2) is 92.0 Å². The molecular weight excluding hydrogens is 643 g/mol. The zero-order chi connectivity index (χ0) is 31.6. The van der Waals surface area contributed by atoms with E-state index >= 15 is 0 Å². The number of morpholine rings is 1. The molecule has 1 saturated heterocycles. The summed E-state index contributed by atoms with van der Waals surface area (Å²) in [7, 11) is -8.97. The number of sulfonamides is 2. The highest BCUT2D eigenvalue weighted by molar-refractivity contribution is 7.92. The third-order valence-electron chi connectivity index (χ3n) is 5.75. The maximum Gasteiger partial charge on any atom is 0.490 e. The monoisotopic (exact) mass is 665 g/mol. The van der Waals surface area contributed by atoms with E-state index in [1.807, 2.05) is 6.07 Å². The smallest absolute Gasteiger partial charge is 0.475 e. The standard InChI is InChI=1S/C19H21N9O5S3.C2HF3O2/c20-19-24-16-12(2-1-3-13(16)34-19)11-4-5-14(36(31,32)23-8-10-9-33-7-6-22-10)17(35(21,29)30)15(11)18-25-27-28-26-18;3-2(4,5)1(6)7/h1-5,10,22-23H,6-9H2,(H2,20,24)(H2,21,29,30)(H,25,26,27,28);(H,6,7). The van der Waals surface area contributed by atoms with Gasteiger partial charge in [-0.25, -0.2) is 36.5 Å². The number of para-hydroxylation sites is 1. The minimum absolute atomic E-state index is 0.0247. The van der Waals surface area contributed by atoms with E-state index in [2.05, 4.69) is 35.6 Å². The molecule has 0 radical (unpaired) electrons. The Balaban J connectivity index is 0.000000541. The van der Waals surface area contributed by atoms with Gasteiger partial charge in [-0.3, -0.25) is 0 Å². The molecular formula is C21H22F3N9O7S3. The predicted molar refractivity (Wildman–Crippen MR) is 146 cm³/mol. The number of halogens is 3. The molecule has 2 aromatic heterocycles. The number of hydrogen-bond acceptors (Lipinski definition) is 13. The van der Waals surface area contributed by atoms with Crippen molar-refractivity contribution < 1.29 is 44.6 Å². The molecule has 1 aliphatic rings. The van der Waals surface area contributed by atoms with Gasteiger partial charge in [0.15, 0.2) is 5.13 Å². The van der Waals surface area contributed by atoms with Crippen LogP contribution in [0.5, 0.6) is 0 Å². The maximum absolute atomic E-state index is 13.3. The summed E-state index contributed by atoms with van der Waals surface area (Å²) in [5.74, 6) is -2.92. The van der Waals surface area contributed by atoms with Crippen molar-refractivity contribution in [1.29, 1.82) is 0 Å². The minimum Gasteiger partial charge on any atom is -0.475 e. The van der Waals surface area contributed by atoms with Crippen LogP contribution in [0.1, 0.15) is 0 Å². The number of carboxylic acid groups (broad SMARTS) is 1. The zero-order valence-corrected chi connectivity index (χ0v) is 23.9. The number of aromatic amines is 1. The summed E-state index contributed by atoms with van der Waals surface area (Å²) in [6.45, 7) is 1.37. The van der Waals surface area contributed by atoms with Crippen molar-refractivity contribution in [3.05, 3.63) is 30.3 Å². The van der Waals surface area contributed by atoms with E-state index in [1.165, 1.54) is 23.5 Å². The first kappa shape index (κ1) is 32.1. The largest absolute Gasteiger partial charge is 0.490 e. The van der Waals surface area contributed by atoms with Crippen LogP contribution in [-0.2, 0) is 29.6 Å². The van der Waals surface area contributed by atoms with Crippen molar-refractivity contribution >= 4 is 52.7 Å². The van der Waals surface area contributed by atoms with Gasteiger partial charge in [0.1, 0.15) is 9.79 Å². The molecule has 0 bridgehead atoms. The maximum atomic E-state index is 13.3. The van der Waals surface area contributed by atoms with E-state index in [0.717, 1.165) is 4.70 Å². The Morgan fingerprint density at radius 2 is 1.91 bits per heavy atom. The summed E-state index contributed by atoms with van der Waals surface area (Å²) in [5.41, 5.74) is 7.05. The summed E-state index contributed by atoms with van der Waals surface area (Å²) in [5, 5.41) is 29.8. The lowest BCUT2D eigenvalue weighted by molar-refractivity contribution is -0.192. The van der Waals surface area contributed by atoms with Crippen LogP contribution in [0.15, 0.2) is 40.1 Å². The topological polar surface area (TPSA) is 258 Å². The van der Waals surface area contributed by atoms with Crippen molar-refractivity contribution in [2.75, 3.05) is 32.0 Å². The number of aromatic nitrogens is 5. The van der Waals surface area contributed by atoms with Gasteiger partial charge >= 0.3 is 12.1 Å². The molecule has 1 fully saturated rings. The molecule has 232 valence electrons. The second kappa shape index (κ2) is 12.4. The van der Waals surface area contributed by atoms with Crippen LogP contribution in [0.2, 0.25) is 0 Å². The first-order valence-electron chi connectivity index (χ1n) is 11.8. The zero-order valence-electron chi connectivity index (χ0n) is 21.5. The number of primary sulfonamides is 1. The fourth-order valence-electron chi connectivity index (χ4n) is 3.99. The number of thiazole rings is 1. The van der Waals surface area contributed by atoms with Crippen LogP contribution in [0.3, 0.4) is 0 Å². The number of carbonyl (C=O) groups is 1. The van der Waals surface area contributed by atoms with E-state index in [0.29, 0.717) is 36.0 Å². The molecule has 0 saturated carbocycles. The number of rotatable bonds is 7. The fourth-order valence-corrected chi connectivity index (χ4v) is 7.44. The molecule has 0 amide bonds. The molecule has 1 atom stereocenters. The third kappa shape index (κ3) is 7.41. The number of hydrogen-bond donors (Lipinski definition) is 6. The number of H-pyrrole nitrogens is 1. The highest BCUT2D eigenvalue weighted by atomic mass is 32.2. The van der Waals surface area contributed by atoms with Gasteiger partial charge in [0.25, 0.3) is 0 Å². The molecule has 0 aliphatic carbocycles. The average Bonchev–Trinajstić information content (AvgIpc) is 3.60. The van der Waals surface area contributed by atoms with Gasteiger partial charge in [-0.2, -0.15) is 18.4 Å². The van der Waals surface area contributed by atoms with Crippen molar-refractivity contribution in [1.82, 2.24) is 35.6 Å². The Hall–Kier alpha value is -3.80. The Labute approximate surface area is 244 Å². The number of ether oxygens (including phenoxy) is 1. The number of nitrogens with two attached hydrogens (primary N) is 2. The predicted octanol–water partition coefficient (Wildman–Crippen LogP) is 0.273. The molecule has 2 aromatic carbocycles. The Morgan fingerprint density at radius 1 is 1.19 bits per heavy atom. The van der Waals surface area contributed by atoms with E-state index in [-0.39, 0.29) is 29.5 Å². The van der Waals surface area contributed by atoms with Gasteiger partial charge in [-0.1, -0.05) is 29.5 Å². The summed E-state index contributed by atoms with van der Waals surface area (Å²) in [4.78, 5) is 12.0. The summed E-state index contributed by atoms with van der Waals surface area (Å²) >= 11 is 1.25. The number of nitrogens with zero attached hydrogens (tertiary/aromatic N) is 4. The Morgan fingerprint density at radius 3 is 2.49 bits per heavy atom. The number of nitrogens with one attached hydrogen (secondary N) is 3. The number of carboxylic acids is 1. The van der Waals surface area contributed by atoms with Crippen molar-refractivity contribution in [3.63, 3.8) is 0 Å². The van der Waals surface area contributed by atoms with E-state index in [1.54, 1.807) is 12.1 Å². The van der Waals surface area contributed by atoms with Gasteiger partial charge in [0.05, 0.1) is 29.0 Å². The van der Waals surface area contributed by atoms with E-state index < -0.39 is 42.0 Å². The molecule has 1 unspecified atom stereocenters. The Kier molecular flexibility index (Phi) is 9.29. The normalized spacial score (nSPS) is 16.0. The third-order valence-corrected chi connectivity index (χ3v) is 9.19. The van der Waals surface area contributed by atoms with Gasteiger partial charge in [-0.05, 0) is 22.9 Å². The number of benzene rings is 2. The van der Waals surface area contributed by atoms with Crippen LogP contribution >= 0.6 is 11.3 Å². The number of nitrogen functional groups attached to an aromatic ring is 1. The van der Waals surface area contributed by atoms with Gasteiger partial charge in [0.2, 0.25) is 25.9 Å². The SMILES string of the molecule is Nc1nc2c(-c3ccc(S(=O)(=O)NCC4COCCN4)c(S(N)(=O)=O)c3-c3nn[nH]n3)cccc2s1.O=C(O)C(F)(F)F. The molecule has 0 spiro atoms. The quantitative estimate of drug-likeness (QED) is 0.155. The lowest BCUT2D eigenvalue weighted by Crippen LogP contribution is -2.48. The van der Waals surface area contributed by atoms with Crippen molar-refractivity contribution in [2.24, 2.45) is 5.14 Å².